The molecule has 2 N–H and O–H groups in total. The molecule has 4 rings (SSSR count). The number of nitrogens with zero attached hydrogens (tertiary/aromatic N) is 3. The molecule has 2 aliphatic rings. The van der Waals surface area contributed by atoms with Crippen LogP contribution in [0.15, 0.2) is 36.4 Å². The van der Waals surface area contributed by atoms with Crippen LogP contribution in [-0.2, 0) is 13.0 Å². The van der Waals surface area contributed by atoms with Crippen LogP contribution in [0, 0.1) is 10.1 Å². The number of nitro groups is 1. The Labute approximate surface area is 167 Å². The first-order valence-electron chi connectivity index (χ1n) is 9.50. The first kappa shape index (κ1) is 19.2. The number of hydroxylamine groups is 1. The minimum Gasteiger partial charge on any atom is -0.493 e. The lowest BCUT2D eigenvalue weighted by atomic mass is 10.1. The SMILES string of the molecule is O=C(NO)c1ccc(N2CCN(Cc3ccc4c(c3)CCO4)CC2)c([N+](=O)[O-])c1. The molecule has 152 valence electrons. The summed E-state index contributed by atoms with van der Waals surface area (Å²) in [6.45, 7) is 4.45. The summed E-state index contributed by atoms with van der Waals surface area (Å²) in [7, 11) is 0. The number of carbonyl (C=O) groups excluding carboxylic acids is 1. The number of hydrogen-bond acceptors (Lipinski definition) is 7. The van der Waals surface area contributed by atoms with E-state index in [4.69, 9.17) is 9.94 Å². The van der Waals surface area contributed by atoms with Crippen LogP contribution in [0.2, 0.25) is 0 Å². The summed E-state index contributed by atoms with van der Waals surface area (Å²) in [5.41, 5.74) is 4.39. The van der Waals surface area contributed by atoms with E-state index in [0.717, 1.165) is 38.4 Å². The summed E-state index contributed by atoms with van der Waals surface area (Å²) in [5, 5.41) is 20.2. The van der Waals surface area contributed by atoms with Gasteiger partial charge in [0, 0.05) is 50.8 Å². The molecule has 0 atom stereocenters. The van der Waals surface area contributed by atoms with Crippen molar-refractivity contribution in [2.45, 2.75) is 13.0 Å². The first-order valence-corrected chi connectivity index (χ1v) is 9.50. The van der Waals surface area contributed by atoms with Crippen molar-refractivity contribution >= 4 is 17.3 Å². The van der Waals surface area contributed by atoms with Crippen LogP contribution in [0.4, 0.5) is 11.4 Å². The van der Waals surface area contributed by atoms with Crippen LogP contribution >= 0.6 is 0 Å². The van der Waals surface area contributed by atoms with Gasteiger partial charge >= 0.3 is 0 Å². The summed E-state index contributed by atoms with van der Waals surface area (Å²) in [5.74, 6) is 0.202. The number of hydrogen-bond donors (Lipinski definition) is 2. The van der Waals surface area contributed by atoms with Gasteiger partial charge in [0.1, 0.15) is 11.4 Å². The van der Waals surface area contributed by atoms with E-state index in [1.165, 1.54) is 28.7 Å². The van der Waals surface area contributed by atoms with Gasteiger partial charge in [-0.15, -0.1) is 0 Å². The van der Waals surface area contributed by atoms with E-state index in [9.17, 15) is 14.9 Å². The number of amides is 1. The maximum atomic E-state index is 11.6. The van der Waals surface area contributed by atoms with E-state index in [0.29, 0.717) is 18.8 Å². The number of carbonyl (C=O) groups is 1. The Kier molecular flexibility index (Phi) is 5.32. The van der Waals surface area contributed by atoms with Gasteiger partial charge in [-0.3, -0.25) is 25.0 Å². The van der Waals surface area contributed by atoms with Crippen molar-refractivity contribution in [2.24, 2.45) is 0 Å². The van der Waals surface area contributed by atoms with Gasteiger partial charge in [-0.05, 0) is 29.3 Å². The maximum Gasteiger partial charge on any atom is 0.293 e. The Morgan fingerprint density at radius 2 is 1.97 bits per heavy atom. The molecule has 1 fully saturated rings. The molecular formula is C20H22N4O5. The van der Waals surface area contributed by atoms with Crippen LogP contribution in [-0.4, -0.2) is 53.7 Å². The zero-order chi connectivity index (χ0) is 20.4. The van der Waals surface area contributed by atoms with E-state index in [-0.39, 0.29) is 11.3 Å². The highest BCUT2D eigenvalue weighted by Gasteiger charge is 2.25. The van der Waals surface area contributed by atoms with Crippen molar-refractivity contribution in [3.63, 3.8) is 0 Å². The van der Waals surface area contributed by atoms with E-state index in [1.807, 2.05) is 11.0 Å². The lowest BCUT2D eigenvalue weighted by Crippen LogP contribution is -2.46. The molecule has 9 nitrogen and oxygen atoms in total. The van der Waals surface area contributed by atoms with Crippen molar-refractivity contribution in [3.8, 4) is 5.75 Å². The molecule has 0 radical (unpaired) electrons. The second-order valence-corrected chi connectivity index (χ2v) is 7.21. The number of rotatable bonds is 5. The molecule has 1 saturated heterocycles. The molecule has 2 aromatic rings. The van der Waals surface area contributed by atoms with Crippen molar-refractivity contribution in [1.29, 1.82) is 0 Å². The number of anilines is 1. The highest BCUT2D eigenvalue weighted by atomic mass is 16.6. The normalized spacial score (nSPS) is 16.2. The molecule has 0 saturated carbocycles. The molecule has 2 aliphatic heterocycles. The van der Waals surface area contributed by atoms with Crippen molar-refractivity contribution in [1.82, 2.24) is 10.4 Å². The van der Waals surface area contributed by atoms with Crippen LogP contribution < -0.4 is 15.1 Å². The molecule has 0 unspecified atom stereocenters. The van der Waals surface area contributed by atoms with E-state index in [1.54, 1.807) is 6.07 Å². The quantitative estimate of drug-likeness (QED) is 0.450. The van der Waals surface area contributed by atoms with Gasteiger partial charge in [0.25, 0.3) is 11.6 Å². The van der Waals surface area contributed by atoms with Gasteiger partial charge in [0.2, 0.25) is 0 Å². The molecule has 2 aromatic carbocycles. The summed E-state index contributed by atoms with van der Waals surface area (Å²) in [6.07, 6.45) is 0.949. The van der Waals surface area contributed by atoms with Crippen LogP contribution in [0.3, 0.4) is 0 Å². The van der Waals surface area contributed by atoms with E-state index >= 15 is 0 Å². The number of benzene rings is 2. The van der Waals surface area contributed by atoms with Crippen LogP contribution in [0.25, 0.3) is 0 Å². The predicted molar refractivity (Wildman–Crippen MR) is 105 cm³/mol. The molecule has 0 aromatic heterocycles. The largest absolute Gasteiger partial charge is 0.493 e. The van der Waals surface area contributed by atoms with E-state index in [2.05, 4.69) is 17.0 Å². The molecule has 2 heterocycles. The van der Waals surface area contributed by atoms with Crippen molar-refractivity contribution in [3.05, 3.63) is 63.2 Å². The average molecular weight is 398 g/mol. The number of piperazine rings is 1. The zero-order valence-corrected chi connectivity index (χ0v) is 15.8. The molecule has 29 heavy (non-hydrogen) atoms. The summed E-state index contributed by atoms with van der Waals surface area (Å²) >= 11 is 0. The summed E-state index contributed by atoms with van der Waals surface area (Å²) < 4.78 is 5.55. The lowest BCUT2D eigenvalue weighted by Gasteiger charge is -2.35. The fourth-order valence-electron chi connectivity index (χ4n) is 3.89. The average Bonchev–Trinajstić information content (AvgIpc) is 3.21. The third kappa shape index (κ3) is 4.01. The third-order valence-corrected chi connectivity index (χ3v) is 5.41. The standard InChI is InChI=1S/C20H22N4O5/c25-20(21-26)16-2-3-17(18(12-16)24(27)28)23-8-6-22(7-9-23)13-14-1-4-19-15(11-14)5-10-29-19/h1-4,11-12,26H,5-10,13H2,(H,21,25). The smallest absolute Gasteiger partial charge is 0.293 e. The maximum absolute atomic E-state index is 11.6. The number of nitrogens with one attached hydrogen (secondary N) is 1. The summed E-state index contributed by atoms with van der Waals surface area (Å²) in [4.78, 5) is 26.8. The highest BCUT2D eigenvalue weighted by molar-refractivity contribution is 5.95. The number of ether oxygens (including phenoxy) is 1. The Hall–Kier alpha value is -3.17. The number of fused-ring (bicyclic) bond motifs is 1. The minimum atomic E-state index is -0.774. The third-order valence-electron chi connectivity index (χ3n) is 5.41. The molecule has 0 spiro atoms. The van der Waals surface area contributed by atoms with Gasteiger partial charge in [-0.25, -0.2) is 5.48 Å². The monoisotopic (exact) mass is 398 g/mol. The second-order valence-electron chi connectivity index (χ2n) is 7.21. The minimum absolute atomic E-state index is 0.0437. The van der Waals surface area contributed by atoms with Crippen LogP contribution in [0.1, 0.15) is 21.5 Å². The van der Waals surface area contributed by atoms with Gasteiger partial charge < -0.3 is 9.64 Å². The Morgan fingerprint density at radius 1 is 1.17 bits per heavy atom. The Bertz CT molecular complexity index is 940. The fourth-order valence-corrected chi connectivity index (χ4v) is 3.89. The summed E-state index contributed by atoms with van der Waals surface area (Å²) in [6, 6.07) is 10.6. The lowest BCUT2D eigenvalue weighted by molar-refractivity contribution is -0.384. The molecule has 1 amide bonds. The molecule has 0 bridgehead atoms. The molecule has 9 heteroatoms. The Morgan fingerprint density at radius 3 is 2.69 bits per heavy atom. The highest BCUT2D eigenvalue weighted by Crippen LogP contribution is 2.31. The van der Waals surface area contributed by atoms with Crippen molar-refractivity contribution < 1.29 is 19.7 Å². The van der Waals surface area contributed by atoms with Gasteiger partial charge in [-0.2, -0.15) is 0 Å². The number of nitro benzene ring substituents is 1. The van der Waals surface area contributed by atoms with Gasteiger partial charge in [0.05, 0.1) is 11.5 Å². The molecular weight excluding hydrogens is 376 g/mol. The predicted octanol–water partition coefficient (Wildman–Crippen LogP) is 1.97. The zero-order valence-electron chi connectivity index (χ0n) is 15.8. The topological polar surface area (TPSA) is 108 Å². The Balaban J connectivity index is 1.43. The van der Waals surface area contributed by atoms with Crippen molar-refractivity contribution in [2.75, 3.05) is 37.7 Å². The van der Waals surface area contributed by atoms with Gasteiger partial charge in [-0.1, -0.05) is 12.1 Å². The van der Waals surface area contributed by atoms with E-state index < -0.39 is 10.8 Å². The first-order chi connectivity index (χ1) is 14.0. The molecule has 0 aliphatic carbocycles. The fraction of sp³-hybridized carbons (Fsp3) is 0.350. The van der Waals surface area contributed by atoms with Crippen LogP contribution in [0.5, 0.6) is 5.75 Å². The second kappa shape index (κ2) is 8.06. The van der Waals surface area contributed by atoms with Gasteiger partial charge in [0.15, 0.2) is 0 Å².